The van der Waals surface area contributed by atoms with Crippen molar-refractivity contribution in [1.82, 2.24) is 15.1 Å². The number of anilines is 1. The van der Waals surface area contributed by atoms with E-state index in [1.54, 1.807) is 6.20 Å². The Bertz CT molecular complexity index is 634. The third kappa shape index (κ3) is 3.62. The molecule has 1 amide bonds. The molecule has 0 unspecified atom stereocenters. The van der Waals surface area contributed by atoms with Crippen molar-refractivity contribution < 1.29 is 4.79 Å². The number of carbonyl (C=O) groups is 1. The molecule has 1 fully saturated rings. The zero-order chi connectivity index (χ0) is 14.7. The molecule has 1 saturated heterocycles. The van der Waals surface area contributed by atoms with Crippen molar-refractivity contribution in [3.63, 3.8) is 0 Å². The van der Waals surface area contributed by atoms with Crippen LogP contribution in [0, 0.1) is 3.57 Å². The number of benzene rings is 1. The maximum absolute atomic E-state index is 12.2. The summed E-state index contributed by atoms with van der Waals surface area (Å²) in [6.07, 6.45) is 5.79. The zero-order valence-electron chi connectivity index (χ0n) is 11.6. The number of rotatable bonds is 3. The van der Waals surface area contributed by atoms with E-state index in [2.05, 4.69) is 38.3 Å². The Morgan fingerprint density at radius 3 is 2.95 bits per heavy atom. The van der Waals surface area contributed by atoms with Crippen molar-refractivity contribution in [2.24, 2.45) is 0 Å². The summed E-state index contributed by atoms with van der Waals surface area (Å²) in [4.78, 5) is 12.2. The number of nitrogens with one attached hydrogen (secondary N) is 2. The van der Waals surface area contributed by atoms with Crippen LogP contribution >= 0.6 is 22.6 Å². The maximum atomic E-state index is 12.2. The summed E-state index contributed by atoms with van der Waals surface area (Å²) in [5.74, 6) is -0.0987. The molecule has 2 heterocycles. The van der Waals surface area contributed by atoms with E-state index < -0.39 is 0 Å². The lowest BCUT2D eigenvalue weighted by Crippen LogP contribution is -2.29. The van der Waals surface area contributed by atoms with Gasteiger partial charge in [-0.25, -0.2) is 0 Å². The first kappa shape index (κ1) is 14.5. The maximum Gasteiger partial charge on any atom is 0.255 e. The van der Waals surface area contributed by atoms with Gasteiger partial charge in [-0.3, -0.25) is 9.48 Å². The second kappa shape index (κ2) is 6.57. The topological polar surface area (TPSA) is 59.0 Å². The van der Waals surface area contributed by atoms with Gasteiger partial charge in [0.15, 0.2) is 0 Å². The normalized spacial score (nSPS) is 15.9. The molecule has 5 nitrogen and oxygen atoms in total. The summed E-state index contributed by atoms with van der Waals surface area (Å²) in [5, 5.41) is 10.6. The van der Waals surface area contributed by atoms with Crippen molar-refractivity contribution >= 4 is 34.2 Å². The van der Waals surface area contributed by atoms with E-state index >= 15 is 0 Å². The van der Waals surface area contributed by atoms with E-state index in [1.807, 2.05) is 35.1 Å². The molecule has 6 heteroatoms. The van der Waals surface area contributed by atoms with Crippen LogP contribution in [-0.4, -0.2) is 28.8 Å². The minimum atomic E-state index is -0.0987. The lowest BCUT2D eigenvalue weighted by molar-refractivity contribution is 0.102. The van der Waals surface area contributed by atoms with Crippen molar-refractivity contribution in [2.45, 2.75) is 18.9 Å². The number of amides is 1. The molecule has 2 aromatic rings. The minimum Gasteiger partial charge on any atom is -0.319 e. The first-order valence-corrected chi connectivity index (χ1v) is 8.12. The third-order valence-electron chi connectivity index (χ3n) is 3.63. The van der Waals surface area contributed by atoms with Gasteiger partial charge in [-0.2, -0.15) is 5.10 Å². The van der Waals surface area contributed by atoms with Gasteiger partial charge in [-0.15, -0.1) is 0 Å². The van der Waals surface area contributed by atoms with Gasteiger partial charge in [0, 0.05) is 15.3 Å². The molecule has 1 aliphatic heterocycles. The molecule has 0 radical (unpaired) electrons. The van der Waals surface area contributed by atoms with Crippen LogP contribution in [0.5, 0.6) is 0 Å². The molecule has 0 aliphatic carbocycles. The lowest BCUT2D eigenvalue weighted by Gasteiger charge is -2.22. The average Bonchev–Trinajstić information content (AvgIpc) is 2.97. The van der Waals surface area contributed by atoms with Crippen molar-refractivity contribution in [3.8, 4) is 0 Å². The highest BCUT2D eigenvalue weighted by atomic mass is 127. The Kier molecular flexibility index (Phi) is 4.54. The number of carbonyl (C=O) groups excluding carboxylic acids is 1. The number of aromatic nitrogens is 2. The van der Waals surface area contributed by atoms with Gasteiger partial charge in [0.25, 0.3) is 5.91 Å². The van der Waals surface area contributed by atoms with Gasteiger partial charge in [0.1, 0.15) is 0 Å². The standard InChI is InChI=1S/C15H17IN4O/c16-12-3-1-2-11(8-12)15(21)19-13-9-18-20(10-13)14-4-6-17-7-5-14/h1-3,8-10,14,17H,4-7H2,(H,19,21). The van der Waals surface area contributed by atoms with E-state index in [0.717, 1.165) is 35.2 Å². The van der Waals surface area contributed by atoms with E-state index in [-0.39, 0.29) is 5.91 Å². The van der Waals surface area contributed by atoms with E-state index in [9.17, 15) is 4.79 Å². The molecule has 0 saturated carbocycles. The predicted molar refractivity (Wildman–Crippen MR) is 90.5 cm³/mol. The molecule has 0 bridgehead atoms. The highest BCUT2D eigenvalue weighted by Gasteiger charge is 2.16. The summed E-state index contributed by atoms with van der Waals surface area (Å²) in [6.45, 7) is 2.04. The zero-order valence-corrected chi connectivity index (χ0v) is 13.7. The Morgan fingerprint density at radius 2 is 2.19 bits per heavy atom. The number of halogens is 1. The van der Waals surface area contributed by atoms with Gasteiger partial charge in [0.05, 0.1) is 17.9 Å². The molecule has 0 spiro atoms. The fourth-order valence-electron chi connectivity index (χ4n) is 2.51. The molecule has 0 atom stereocenters. The fraction of sp³-hybridized carbons (Fsp3) is 0.333. The van der Waals surface area contributed by atoms with Crippen molar-refractivity contribution in [1.29, 1.82) is 0 Å². The van der Waals surface area contributed by atoms with Crippen molar-refractivity contribution in [3.05, 3.63) is 45.8 Å². The summed E-state index contributed by atoms with van der Waals surface area (Å²) in [5.41, 5.74) is 1.41. The lowest BCUT2D eigenvalue weighted by atomic mass is 10.1. The summed E-state index contributed by atoms with van der Waals surface area (Å²) >= 11 is 2.20. The molecular weight excluding hydrogens is 379 g/mol. The SMILES string of the molecule is O=C(Nc1cnn(C2CCNCC2)c1)c1cccc(I)c1. The van der Waals surface area contributed by atoms with E-state index in [1.165, 1.54) is 0 Å². The van der Waals surface area contributed by atoms with Gasteiger partial charge >= 0.3 is 0 Å². The minimum absolute atomic E-state index is 0.0987. The predicted octanol–water partition coefficient (Wildman–Crippen LogP) is 2.66. The van der Waals surface area contributed by atoms with E-state index in [4.69, 9.17) is 0 Å². The quantitative estimate of drug-likeness (QED) is 0.785. The van der Waals surface area contributed by atoms with Crippen LogP contribution < -0.4 is 10.6 Å². The molecule has 2 N–H and O–H groups in total. The molecule has 1 aliphatic rings. The molecule has 3 rings (SSSR count). The molecule has 21 heavy (non-hydrogen) atoms. The van der Waals surface area contributed by atoms with Gasteiger partial charge in [-0.1, -0.05) is 6.07 Å². The van der Waals surface area contributed by atoms with Crippen molar-refractivity contribution in [2.75, 3.05) is 18.4 Å². The van der Waals surface area contributed by atoms with Gasteiger partial charge in [-0.05, 0) is 66.7 Å². The Labute approximate surface area is 137 Å². The second-order valence-electron chi connectivity index (χ2n) is 5.15. The van der Waals surface area contributed by atoms with Gasteiger partial charge < -0.3 is 10.6 Å². The largest absolute Gasteiger partial charge is 0.319 e. The molecular formula is C15H17IN4O. The van der Waals surface area contributed by atoms with Crippen LogP contribution in [0.4, 0.5) is 5.69 Å². The highest BCUT2D eigenvalue weighted by molar-refractivity contribution is 14.1. The number of piperidine rings is 1. The Balaban J connectivity index is 1.68. The summed E-state index contributed by atoms with van der Waals surface area (Å²) < 4.78 is 3.01. The summed E-state index contributed by atoms with van der Waals surface area (Å²) in [6, 6.07) is 7.96. The van der Waals surface area contributed by atoms with Crippen LogP contribution in [0.2, 0.25) is 0 Å². The first-order valence-electron chi connectivity index (χ1n) is 7.04. The molecule has 1 aromatic carbocycles. The van der Waals surface area contributed by atoms with Crippen LogP contribution in [0.25, 0.3) is 0 Å². The third-order valence-corrected chi connectivity index (χ3v) is 4.30. The smallest absolute Gasteiger partial charge is 0.255 e. The average molecular weight is 396 g/mol. The monoisotopic (exact) mass is 396 g/mol. The number of hydrogen-bond acceptors (Lipinski definition) is 3. The van der Waals surface area contributed by atoms with Crippen LogP contribution in [0.15, 0.2) is 36.7 Å². The summed E-state index contributed by atoms with van der Waals surface area (Å²) in [7, 11) is 0. The Hall–Kier alpha value is -1.41. The fourth-order valence-corrected chi connectivity index (χ4v) is 3.05. The van der Waals surface area contributed by atoms with Crippen LogP contribution in [0.3, 0.4) is 0 Å². The van der Waals surface area contributed by atoms with Crippen LogP contribution in [-0.2, 0) is 0 Å². The first-order chi connectivity index (χ1) is 10.2. The highest BCUT2D eigenvalue weighted by Crippen LogP contribution is 2.20. The molecule has 110 valence electrons. The molecule has 1 aromatic heterocycles. The number of nitrogens with zero attached hydrogens (tertiary/aromatic N) is 2. The van der Waals surface area contributed by atoms with E-state index in [0.29, 0.717) is 11.6 Å². The Morgan fingerprint density at radius 1 is 1.38 bits per heavy atom. The van der Waals surface area contributed by atoms with Crippen LogP contribution in [0.1, 0.15) is 29.2 Å². The second-order valence-corrected chi connectivity index (χ2v) is 6.40. The van der Waals surface area contributed by atoms with Gasteiger partial charge in [0.2, 0.25) is 0 Å². The number of hydrogen-bond donors (Lipinski definition) is 2.